The van der Waals surface area contributed by atoms with Gasteiger partial charge in [-0.05, 0) is 42.5 Å². The molecule has 4 heteroatoms. The second kappa shape index (κ2) is 5.39. The Morgan fingerprint density at radius 2 is 1.75 bits per heavy atom. The first kappa shape index (κ1) is 13.3. The van der Waals surface area contributed by atoms with Crippen LogP contribution in [0.15, 0.2) is 48.7 Å². The van der Waals surface area contributed by atoms with Gasteiger partial charge in [0.1, 0.15) is 5.75 Å². The Kier molecular flexibility index (Phi) is 3.60. The van der Waals surface area contributed by atoms with Crippen LogP contribution in [0, 0.1) is 0 Å². The summed E-state index contributed by atoms with van der Waals surface area (Å²) in [6, 6.07) is 13.6. The quantitative estimate of drug-likeness (QED) is 0.664. The van der Waals surface area contributed by atoms with Crippen molar-refractivity contribution in [3.8, 4) is 5.75 Å². The van der Waals surface area contributed by atoms with Gasteiger partial charge in [0.2, 0.25) is 0 Å². The van der Waals surface area contributed by atoms with Crippen molar-refractivity contribution in [1.82, 2.24) is 4.57 Å². The molecular weight excluding hydrogens is 293 g/mol. The van der Waals surface area contributed by atoms with E-state index in [-0.39, 0.29) is 0 Å². The molecule has 20 heavy (non-hydrogen) atoms. The number of nitrogens with zero attached hydrogens (tertiary/aromatic N) is 1. The molecule has 0 atom stereocenters. The summed E-state index contributed by atoms with van der Waals surface area (Å²) >= 11 is 12.1. The Labute approximate surface area is 127 Å². The van der Waals surface area contributed by atoms with Crippen molar-refractivity contribution in [2.75, 3.05) is 7.11 Å². The van der Waals surface area contributed by atoms with Crippen LogP contribution >= 0.6 is 23.2 Å². The van der Waals surface area contributed by atoms with E-state index in [0.717, 1.165) is 27.2 Å². The second-order valence-electron chi connectivity index (χ2n) is 4.60. The molecule has 0 aliphatic carbocycles. The van der Waals surface area contributed by atoms with Crippen molar-refractivity contribution in [1.29, 1.82) is 0 Å². The monoisotopic (exact) mass is 305 g/mol. The van der Waals surface area contributed by atoms with Crippen LogP contribution in [0.4, 0.5) is 0 Å². The van der Waals surface area contributed by atoms with Gasteiger partial charge >= 0.3 is 0 Å². The van der Waals surface area contributed by atoms with Crippen molar-refractivity contribution in [2.24, 2.45) is 0 Å². The summed E-state index contributed by atoms with van der Waals surface area (Å²) in [7, 11) is 1.67. The molecule has 0 N–H and O–H groups in total. The number of hydrogen-bond donors (Lipinski definition) is 0. The molecule has 102 valence electrons. The number of hydrogen-bond acceptors (Lipinski definition) is 1. The molecular formula is C16H13Cl2NO. The van der Waals surface area contributed by atoms with E-state index in [1.54, 1.807) is 7.11 Å². The number of methoxy groups -OCH3 is 1. The summed E-state index contributed by atoms with van der Waals surface area (Å²) in [4.78, 5) is 0. The highest BCUT2D eigenvalue weighted by molar-refractivity contribution is 6.31. The van der Waals surface area contributed by atoms with Crippen LogP contribution in [-0.2, 0) is 6.54 Å². The maximum Gasteiger partial charge on any atom is 0.123 e. The molecule has 0 aliphatic heterocycles. The molecule has 1 aromatic heterocycles. The maximum absolute atomic E-state index is 6.07. The molecule has 0 aliphatic rings. The average Bonchev–Trinajstić information content (AvgIpc) is 2.81. The molecule has 0 unspecified atom stereocenters. The highest BCUT2D eigenvalue weighted by atomic mass is 35.5. The lowest BCUT2D eigenvalue weighted by Gasteiger charge is -2.11. The minimum absolute atomic E-state index is 0.703. The predicted octanol–water partition coefficient (Wildman–Crippen LogP) is 5.01. The van der Waals surface area contributed by atoms with Gasteiger partial charge in [0.05, 0.1) is 13.7 Å². The highest BCUT2D eigenvalue weighted by Crippen LogP contribution is 2.26. The molecule has 2 nitrogen and oxygen atoms in total. The molecule has 3 aromatic rings. The normalized spacial score (nSPS) is 10.9. The third-order valence-electron chi connectivity index (χ3n) is 3.32. The fourth-order valence-corrected chi connectivity index (χ4v) is 2.74. The Bertz CT molecular complexity index is 764. The van der Waals surface area contributed by atoms with Crippen molar-refractivity contribution in [2.45, 2.75) is 6.54 Å². The van der Waals surface area contributed by atoms with Gasteiger partial charge in [-0.15, -0.1) is 0 Å². The fraction of sp³-hybridized carbons (Fsp3) is 0.125. The predicted molar refractivity (Wildman–Crippen MR) is 84.1 cm³/mol. The first-order valence-corrected chi connectivity index (χ1v) is 7.00. The first-order chi connectivity index (χ1) is 9.67. The molecule has 0 fully saturated rings. The van der Waals surface area contributed by atoms with Gasteiger partial charge in [0.25, 0.3) is 0 Å². The van der Waals surface area contributed by atoms with Crippen LogP contribution in [0.1, 0.15) is 5.56 Å². The Balaban J connectivity index is 2.03. The van der Waals surface area contributed by atoms with Crippen LogP contribution in [0.2, 0.25) is 10.0 Å². The largest absolute Gasteiger partial charge is 0.496 e. The smallest absolute Gasteiger partial charge is 0.123 e. The fourth-order valence-electron chi connectivity index (χ4n) is 2.36. The molecule has 0 amide bonds. The van der Waals surface area contributed by atoms with E-state index in [0.29, 0.717) is 11.6 Å². The van der Waals surface area contributed by atoms with E-state index in [4.69, 9.17) is 27.9 Å². The third kappa shape index (κ3) is 2.49. The highest BCUT2D eigenvalue weighted by Gasteiger charge is 2.07. The van der Waals surface area contributed by atoms with E-state index in [1.807, 2.05) is 42.6 Å². The summed E-state index contributed by atoms with van der Waals surface area (Å²) in [6.07, 6.45) is 2.04. The standard InChI is InChI=1S/C16H13Cl2NO/c1-20-16-5-3-14(18)9-12(16)10-19-7-6-11-8-13(17)2-4-15(11)19/h2-9H,10H2,1H3. The van der Waals surface area contributed by atoms with Gasteiger partial charge in [-0.3, -0.25) is 0 Å². The van der Waals surface area contributed by atoms with Crippen LogP contribution in [0.3, 0.4) is 0 Å². The van der Waals surface area contributed by atoms with Crippen molar-refractivity contribution >= 4 is 34.1 Å². The molecule has 0 saturated heterocycles. The molecule has 0 saturated carbocycles. The van der Waals surface area contributed by atoms with Gasteiger partial charge in [0.15, 0.2) is 0 Å². The lowest BCUT2D eigenvalue weighted by Crippen LogP contribution is -2.00. The van der Waals surface area contributed by atoms with Gasteiger partial charge < -0.3 is 9.30 Å². The molecule has 3 rings (SSSR count). The van der Waals surface area contributed by atoms with E-state index in [1.165, 1.54) is 0 Å². The Morgan fingerprint density at radius 1 is 1.00 bits per heavy atom. The summed E-state index contributed by atoms with van der Waals surface area (Å²) in [5.74, 6) is 0.838. The van der Waals surface area contributed by atoms with Gasteiger partial charge in [0, 0.05) is 32.7 Å². The number of rotatable bonds is 3. The molecule has 1 heterocycles. The molecule has 2 aromatic carbocycles. The molecule has 0 radical (unpaired) electrons. The number of aromatic nitrogens is 1. The zero-order valence-corrected chi connectivity index (χ0v) is 12.4. The van der Waals surface area contributed by atoms with Crippen LogP contribution in [0.5, 0.6) is 5.75 Å². The maximum atomic E-state index is 6.07. The van der Waals surface area contributed by atoms with Gasteiger partial charge in [-0.2, -0.15) is 0 Å². The number of halogens is 2. The number of fused-ring (bicyclic) bond motifs is 1. The van der Waals surface area contributed by atoms with Crippen molar-refractivity contribution in [3.63, 3.8) is 0 Å². The number of benzene rings is 2. The molecule has 0 spiro atoms. The minimum atomic E-state index is 0.703. The summed E-state index contributed by atoms with van der Waals surface area (Å²) in [6.45, 7) is 0.703. The van der Waals surface area contributed by atoms with Crippen LogP contribution < -0.4 is 4.74 Å². The summed E-state index contributed by atoms with van der Waals surface area (Å²) in [5, 5.41) is 2.58. The van der Waals surface area contributed by atoms with E-state index in [9.17, 15) is 0 Å². The van der Waals surface area contributed by atoms with Crippen molar-refractivity contribution in [3.05, 3.63) is 64.3 Å². The van der Waals surface area contributed by atoms with E-state index >= 15 is 0 Å². The zero-order valence-electron chi connectivity index (χ0n) is 10.9. The zero-order chi connectivity index (χ0) is 14.1. The van der Waals surface area contributed by atoms with Crippen LogP contribution in [-0.4, -0.2) is 11.7 Å². The van der Waals surface area contributed by atoms with E-state index < -0.39 is 0 Å². The first-order valence-electron chi connectivity index (χ1n) is 6.24. The average molecular weight is 306 g/mol. The van der Waals surface area contributed by atoms with E-state index in [2.05, 4.69) is 10.6 Å². The lowest BCUT2D eigenvalue weighted by molar-refractivity contribution is 0.408. The Morgan fingerprint density at radius 3 is 2.55 bits per heavy atom. The SMILES string of the molecule is COc1ccc(Cl)cc1Cn1ccc2cc(Cl)ccc21. The third-order valence-corrected chi connectivity index (χ3v) is 3.79. The van der Waals surface area contributed by atoms with Crippen LogP contribution in [0.25, 0.3) is 10.9 Å². The minimum Gasteiger partial charge on any atom is -0.496 e. The van der Waals surface area contributed by atoms with Gasteiger partial charge in [-0.25, -0.2) is 0 Å². The topological polar surface area (TPSA) is 14.2 Å². The molecule has 0 bridgehead atoms. The lowest BCUT2D eigenvalue weighted by atomic mass is 10.2. The second-order valence-corrected chi connectivity index (χ2v) is 5.48. The Hall–Kier alpha value is -1.64. The van der Waals surface area contributed by atoms with Gasteiger partial charge in [-0.1, -0.05) is 23.2 Å². The summed E-state index contributed by atoms with van der Waals surface area (Å²) < 4.78 is 7.54. The summed E-state index contributed by atoms with van der Waals surface area (Å²) in [5.41, 5.74) is 2.18. The number of ether oxygens (including phenoxy) is 1. The van der Waals surface area contributed by atoms with Crippen molar-refractivity contribution < 1.29 is 4.74 Å².